The fourth-order valence-corrected chi connectivity index (χ4v) is 3.28. The Morgan fingerprint density at radius 1 is 1.24 bits per heavy atom. The second-order valence-corrected chi connectivity index (χ2v) is 7.20. The van der Waals surface area contributed by atoms with Gasteiger partial charge in [-0.2, -0.15) is 0 Å². The summed E-state index contributed by atoms with van der Waals surface area (Å²) in [5.41, 5.74) is 0.357. The highest BCUT2D eigenvalue weighted by atomic mass is 32.2. The number of ether oxygens (including phenoxy) is 1. The quantitative estimate of drug-likeness (QED) is 0.261. The second kappa shape index (κ2) is 8.61. The van der Waals surface area contributed by atoms with E-state index in [0.717, 1.165) is 11.8 Å². The van der Waals surface area contributed by atoms with Gasteiger partial charge in [0, 0.05) is 30.0 Å². The zero-order chi connectivity index (χ0) is 21.0. The molecular formula is C18H17N4O6S+. The Morgan fingerprint density at radius 2 is 1.90 bits per heavy atom. The lowest BCUT2D eigenvalue weighted by Gasteiger charge is -2.09. The average Bonchev–Trinajstić information content (AvgIpc) is 3.08. The van der Waals surface area contributed by atoms with Crippen molar-refractivity contribution in [1.82, 2.24) is 5.27 Å². The number of H-pyrrole nitrogens is 1. The van der Waals surface area contributed by atoms with Gasteiger partial charge >= 0.3 is 10.7 Å². The molecule has 0 aliphatic carbocycles. The molecule has 1 aromatic heterocycles. The van der Waals surface area contributed by atoms with Crippen LogP contribution in [0.5, 0.6) is 5.75 Å². The Balaban J connectivity index is 1.73. The highest BCUT2D eigenvalue weighted by molar-refractivity contribution is 8.00. The molecule has 1 unspecified atom stereocenters. The van der Waals surface area contributed by atoms with Gasteiger partial charge in [-0.15, -0.1) is 0 Å². The molecule has 0 saturated carbocycles. The van der Waals surface area contributed by atoms with Gasteiger partial charge in [-0.05, 0) is 52.9 Å². The first kappa shape index (κ1) is 20.1. The lowest BCUT2D eigenvalue weighted by Crippen LogP contribution is -2.37. The van der Waals surface area contributed by atoms with Crippen molar-refractivity contribution in [2.24, 2.45) is 0 Å². The summed E-state index contributed by atoms with van der Waals surface area (Å²) in [7, 11) is 1.55. The number of hydrogen-bond donors (Lipinski definition) is 2. The molecule has 0 aliphatic rings. The average molecular weight is 417 g/mol. The van der Waals surface area contributed by atoms with Crippen LogP contribution in [0.2, 0.25) is 0 Å². The largest absolute Gasteiger partial charge is 0.497 e. The van der Waals surface area contributed by atoms with Crippen molar-refractivity contribution >= 4 is 29.0 Å². The van der Waals surface area contributed by atoms with Gasteiger partial charge in [0.25, 0.3) is 5.69 Å². The summed E-state index contributed by atoms with van der Waals surface area (Å²) in [6, 6.07) is 12.4. The van der Waals surface area contributed by atoms with Crippen molar-refractivity contribution in [3.05, 3.63) is 69.1 Å². The molecule has 1 atom stereocenters. The van der Waals surface area contributed by atoms with Crippen molar-refractivity contribution < 1.29 is 23.7 Å². The number of carbonyl (C=O) groups is 1. The Hall–Kier alpha value is -3.60. The van der Waals surface area contributed by atoms with E-state index in [2.05, 4.69) is 10.6 Å². The van der Waals surface area contributed by atoms with E-state index in [0.29, 0.717) is 17.1 Å². The monoisotopic (exact) mass is 417 g/mol. The van der Waals surface area contributed by atoms with Crippen LogP contribution in [0.25, 0.3) is 5.69 Å². The Morgan fingerprint density at radius 3 is 2.48 bits per heavy atom. The van der Waals surface area contributed by atoms with Gasteiger partial charge in [-0.3, -0.25) is 19.4 Å². The van der Waals surface area contributed by atoms with Crippen LogP contribution in [0.15, 0.2) is 62.9 Å². The van der Waals surface area contributed by atoms with Crippen molar-refractivity contribution in [3.8, 4) is 11.4 Å². The molecule has 1 amide bonds. The van der Waals surface area contributed by atoms with Crippen LogP contribution in [0.1, 0.15) is 6.92 Å². The SMILES string of the molecule is COc1ccc(-[n+]2[nH]oc(=O)c2SC(C)C(=O)Nc2ccc([N+](=O)[O-])cc2)cc1. The maximum absolute atomic E-state index is 12.5. The molecule has 2 aromatic carbocycles. The zero-order valence-electron chi connectivity index (χ0n) is 15.4. The summed E-state index contributed by atoms with van der Waals surface area (Å²) in [4.78, 5) is 34.7. The number of hydrogen-bond acceptors (Lipinski definition) is 7. The van der Waals surface area contributed by atoms with Gasteiger partial charge in [0.15, 0.2) is 0 Å². The number of amides is 1. The maximum atomic E-state index is 12.5. The molecule has 1 heterocycles. The van der Waals surface area contributed by atoms with E-state index in [4.69, 9.17) is 9.26 Å². The Labute approximate surface area is 168 Å². The highest BCUT2D eigenvalue weighted by Gasteiger charge is 2.29. The molecule has 29 heavy (non-hydrogen) atoms. The lowest BCUT2D eigenvalue weighted by molar-refractivity contribution is -0.704. The standard InChI is InChI=1S/C18H16N4O6S/c1-11(16(23)19-12-3-5-14(6-4-12)22(25)26)29-17-18(24)28-20-21(17)13-7-9-15(27-2)10-8-13/h3-11H,1-2H3,(H-,19,20,23,24)/p+1. The number of thioether (sulfide) groups is 1. The topological polar surface area (TPSA) is 131 Å². The molecular weight excluding hydrogens is 400 g/mol. The fraction of sp³-hybridized carbons (Fsp3) is 0.167. The van der Waals surface area contributed by atoms with Crippen LogP contribution < -0.4 is 20.4 Å². The summed E-state index contributed by atoms with van der Waals surface area (Å²) in [5.74, 6) is 0.288. The number of carbonyl (C=O) groups excluding carboxylic acids is 1. The molecule has 11 heteroatoms. The number of nitrogens with zero attached hydrogens (tertiary/aromatic N) is 2. The van der Waals surface area contributed by atoms with Gasteiger partial charge in [-0.25, -0.2) is 4.79 Å². The van der Waals surface area contributed by atoms with E-state index >= 15 is 0 Å². The van der Waals surface area contributed by atoms with Crippen LogP contribution in [-0.2, 0) is 4.79 Å². The third-order valence-electron chi connectivity index (χ3n) is 3.94. The van der Waals surface area contributed by atoms with Gasteiger partial charge in [0.1, 0.15) is 5.75 Å². The molecule has 0 fully saturated rings. The minimum Gasteiger partial charge on any atom is -0.497 e. The smallest absolute Gasteiger partial charge is 0.442 e. The maximum Gasteiger partial charge on any atom is 0.442 e. The number of aromatic nitrogens is 2. The zero-order valence-corrected chi connectivity index (χ0v) is 16.3. The van der Waals surface area contributed by atoms with E-state index in [-0.39, 0.29) is 16.6 Å². The number of nitro benzene ring substituents is 1. The third-order valence-corrected chi connectivity index (χ3v) is 5.08. The highest BCUT2D eigenvalue weighted by Crippen LogP contribution is 2.21. The molecule has 2 N–H and O–H groups in total. The van der Waals surface area contributed by atoms with Crippen LogP contribution >= 0.6 is 11.8 Å². The van der Waals surface area contributed by atoms with E-state index in [9.17, 15) is 19.7 Å². The molecule has 3 aromatic rings. The molecule has 0 bridgehead atoms. The first-order valence-electron chi connectivity index (χ1n) is 8.39. The summed E-state index contributed by atoms with van der Waals surface area (Å²) in [6.45, 7) is 1.64. The third kappa shape index (κ3) is 4.63. The first-order chi connectivity index (χ1) is 13.9. The predicted molar refractivity (Wildman–Crippen MR) is 104 cm³/mol. The van der Waals surface area contributed by atoms with Gasteiger partial charge in [0.05, 0.1) is 17.3 Å². The first-order valence-corrected chi connectivity index (χ1v) is 9.27. The van der Waals surface area contributed by atoms with E-state index in [1.165, 1.54) is 28.9 Å². The van der Waals surface area contributed by atoms with E-state index in [1.807, 2.05) is 0 Å². The Bertz CT molecular complexity index is 1070. The van der Waals surface area contributed by atoms with Crippen LogP contribution in [0, 0.1) is 10.1 Å². The van der Waals surface area contributed by atoms with Crippen molar-refractivity contribution in [3.63, 3.8) is 0 Å². The summed E-state index contributed by atoms with van der Waals surface area (Å²) in [6.07, 6.45) is 0. The fourth-order valence-electron chi connectivity index (χ4n) is 2.40. The normalized spacial score (nSPS) is 11.7. The van der Waals surface area contributed by atoms with Gasteiger partial charge < -0.3 is 10.1 Å². The van der Waals surface area contributed by atoms with Crippen molar-refractivity contribution in [1.29, 1.82) is 0 Å². The second-order valence-electron chi connectivity index (χ2n) is 5.87. The molecule has 0 spiro atoms. The molecule has 3 rings (SSSR count). The van der Waals surface area contributed by atoms with E-state index < -0.39 is 15.8 Å². The number of rotatable bonds is 7. The number of anilines is 1. The minimum absolute atomic E-state index is 0.0733. The lowest BCUT2D eigenvalue weighted by atomic mass is 10.3. The predicted octanol–water partition coefficient (Wildman–Crippen LogP) is 2.28. The van der Waals surface area contributed by atoms with Crippen LogP contribution in [0.3, 0.4) is 0 Å². The van der Waals surface area contributed by atoms with Gasteiger partial charge in [-0.1, -0.05) is 0 Å². The number of benzene rings is 2. The van der Waals surface area contributed by atoms with Crippen LogP contribution in [-0.4, -0.2) is 28.5 Å². The van der Waals surface area contributed by atoms with Gasteiger partial charge in [0.2, 0.25) is 11.6 Å². The number of aromatic amines is 1. The molecule has 0 aliphatic heterocycles. The summed E-state index contributed by atoms with van der Waals surface area (Å²) >= 11 is 1.02. The number of nitrogens with one attached hydrogen (secondary N) is 2. The molecule has 0 saturated heterocycles. The van der Waals surface area contributed by atoms with Crippen molar-refractivity contribution in [2.75, 3.05) is 12.4 Å². The van der Waals surface area contributed by atoms with Crippen molar-refractivity contribution in [2.45, 2.75) is 17.2 Å². The molecule has 0 radical (unpaired) electrons. The minimum atomic E-state index is -0.645. The number of methoxy groups -OCH3 is 1. The Kier molecular flexibility index (Phi) is 5.98. The summed E-state index contributed by atoms with van der Waals surface area (Å²) in [5, 5.41) is 15.4. The number of non-ortho nitro benzene ring substituents is 1. The van der Waals surface area contributed by atoms with Crippen LogP contribution in [0.4, 0.5) is 11.4 Å². The summed E-state index contributed by atoms with van der Waals surface area (Å²) < 4.78 is 11.4. The molecule has 150 valence electrons. The van der Waals surface area contributed by atoms with E-state index in [1.54, 1.807) is 38.3 Å². The molecule has 10 nitrogen and oxygen atoms in total. The number of nitro groups is 1.